The van der Waals surface area contributed by atoms with Crippen LogP contribution in [0.25, 0.3) is 0 Å². The smallest absolute Gasteiger partial charge is 0.389 e. The summed E-state index contributed by atoms with van der Waals surface area (Å²) in [6.07, 6.45) is -0.112. The van der Waals surface area contributed by atoms with Gasteiger partial charge in [-0.2, -0.15) is 13.2 Å². The molecule has 2 nitrogen and oxygen atoms in total. The van der Waals surface area contributed by atoms with Crippen molar-refractivity contribution in [1.29, 1.82) is 0 Å². The lowest BCUT2D eigenvalue weighted by molar-refractivity contribution is -0.137. The van der Waals surface area contributed by atoms with E-state index in [1.165, 1.54) is 12.1 Å². The second-order valence-electron chi connectivity index (χ2n) is 5.32. The SMILES string of the molecule is CCN(c1ccc(C(N)=S)c(C(F)(F)F)c1)C1CCCC1. The van der Waals surface area contributed by atoms with Gasteiger partial charge in [0.25, 0.3) is 0 Å². The van der Waals surface area contributed by atoms with Crippen molar-refractivity contribution in [3.05, 3.63) is 29.3 Å². The summed E-state index contributed by atoms with van der Waals surface area (Å²) >= 11 is 4.73. The largest absolute Gasteiger partial charge is 0.417 e. The molecule has 1 aromatic rings. The highest BCUT2D eigenvalue weighted by Gasteiger charge is 2.35. The lowest BCUT2D eigenvalue weighted by Gasteiger charge is -2.31. The molecule has 1 aliphatic carbocycles. The first-order chi connectivity index (χ1) is 9.84. The van der Waals surface area contributed by atoms with Gasteiger partial charge in [-0.15, -0.1) is 0 Å². The van der Waals surface area contributed by atoms with Crippen LogP contribution in [0, 0.1) is 0 Å². The van der Waals surface area contributed by atoms with E-state index in [2.05, 4.69) is 0 Å². The highest BCUT2D eigenvalue weighted by Crippen LogP contribution is 2.36. The Kier molecular flexibility index (Phi) is 4.76. The van der Waals surface area contributed by atoms with Crippen LogP contribution in [0.1, 0.15) is 43.7 Å². The lowest BCUT2D eigenvalue weighted by atomic mass is 10.0. The van der Waals surface area contributed by atoms with Crippen LogP contribution in [0.5, 0.6) is 0 Å². The molecule has 1 aliphatic rings. The molecule has 0 atom stereocenters. The summed E-state index contributed by atoms with van der Waals surface area (Å²) in [6, 6.07) is 4.58. The number of nitrogens with zero attached hydrogens (tertiary/aromatic N) is 1. The van der Waals surface area contributed by atoms with Gasteiger partial charge in [-0.1, -0.05) is 25.1 Å². The summed E-state index contributed by atoms with van der Waals surface area (Å²) < 4.78 is 39.6. The normalized spacial score (nSPS) is 16.2. The number of halogens is 3. The zero-order valence-corrected chi connectivity index (χ0v) is 12.7. The average molecular weight is 316 g/mol. The van der Waals surface area contributed by atoms with Crippen molar-refractivity contribution in [2.75, 3.05) is 11.4 Å². The highest BCUT2D eigenvalue weighted by molar-refractivity contribution is 7.80. The number of hydrogen-bond donors (Lipinski definition) is 1. The molecule has 1 saturated carbocycles. The third-order valence-electron chi connectivity index (χ3n) is 4.01. The van der Waals surface area contributed by atoms with Gasteiger partial charge in [0.2, 0.25) is 0 Å². The fourth-order valence-corrected chi connectivity index (χ4v) is 3.21. The summed E-state index contributed by atoms with van der Waals surface area (Å²) in [5, 5.41) is 0. The molecule has 2 rings (SSSR count). The number of nitrogens with two attached hydrogens (primary N) is 1. The standard InChI is InChI=1S/C15H19F3N2S/c1-2-20(10-5-3-4-6-10)11-7-8-12(14(19)21)13(9-11)15(16,17)18/h7-10H,2-6H2,1H3,(H2,19,21). The molecule has 0 bridgehead atoms. The van der Waals surface area contributed by atoms with Crippen molar-refractivity contribution < 1.29 is 13.2 Å². The Bertz CT molecular complexity index is 522. The van der Waals surface area contributed by atoms with E-state index in [1.807, 2.05) is 11.8 Å². The molecule has 116 valence electrons. The number of hydrogen-bond acceptors (Lipinski definition) is 2. The van der Waals surface area contributed by atoms with Gasteiger partial charge in [0.05, 0.1) is 5.56 Å². The van der Waals surface area contributed by atoms with Crippen molar-refractivity contribution in [2.24, 2.45) is 5.73 Å². The summed E-state index contributed by atoms with van der Waals surface area (Å²) in [7, 11) is 0. The van der Waals surface area contributed by atoms with Crippen molar-refractivity contribution in [3.8, 4) is 0 Å². The third-order valence-corrected chi connectivity index (χ3v) is 4.23. The van der Waals surface area contributed by atoms with Crippen LogP contribution >= 0.6 is 12.2 Å². The molecule has 1 aromatic carbocycles. The van der Waals surface area contributed by atoms with Crippen molar-refractivity contribution in [1.82, 2.24) is 0 Å². The first-order valence-electron chi connectivity index (χ1n) is 7.12. The molecule has 0 amide bonds. The quantitative estimate of drug-likeness (QED) is 0.848. The summed E-state index contributed by atoms with van der Waals surface area (Å²) in [4.78, 5) is 1.82. The van der Waals surface area contributed by atoms with E-state index >= 15 is 0 Å². The fourth-order valence-electron chi connectivity index (χ4n) is 3.03. The molecule has 0 heterocycles. The van der Waals surface area contributed by atoms with Crippen LogP contribution in [-0.4, -0.2) is 17.6 Å². The maximum Gasteiger partial charge on any atom is 0.417 e. The lowest BCUT2D eigenvalue weighted by Crippen LogP contribution is -2.33. The summed E-state index contributed by atoms with van der Waals surface area (Å²) in [5.74, 6) is 0. The van der Waals surface area contributed by atoms with Crippen LogP contribution in [0.3, 0.4) is 0 Å². The van der Waals surface area contributed by atoms with E-state index in [4.69, 9.17) is 18.0 Å². The summed E-state index contributed by atoms with van der Waals surface area (Å²) in [5.41, 5.74) is 5.15. The minimum absolute atomic E-state index is 0.108. The van der Waals surface area contributed by atoms with E-state index < -0.39 is 11.7 Å². The Morgan fingerprint density at radius 3 is 2.43 bits per heavy atom. The van der Waals surface area contributed by atoms with Gasteiger partial charge in [0.15, 0.2) is 0 Å². The topological polar surface area (TPSA) is 29.3 Å². The molecule has 0 aromatic heterocycles. The molecule has 1 fully saturated rings. The van der Waals surface area contributed by atoms with Crippen LogP contribution in [0.15, 0.2) is 18.2 Å². The van der Waals surface area contributed by atoms with E-state index in [9.17, 15) is 13.2 Å². The van der Waals surface area contributed by atoms with Gasteiger partial charge in [-0.05, 0) is 38.0 Å². The zero-order chi connectivity index (χ0) is 15.6. The minimum atomic E-state index is -4.45. The molecule has 6 heteroatoms. The minimum Gasteiger partial charge on any atom is -0.389 e. The van der Waals surface area contributed by atoms with E-state index in [0.717, 1.165) is 25.7 Å². The Morgan fingerprint density at radius 1 is 1.33 bits per heavy atom. The van der Waals surface area contributed by atoms with Crippen LogP contribution < -0.4 is 10.6 Å². The predicted molar refractivity (Wildman–Crippen MR) is 82.6 cm³/mol. The molecule has 2 N–H and O–H groups in total. The fraction of sp³-hybridized carbons (Fsp3) is 0.533. The number of rotatable bonds is 4. The first kappa shape index (κ1) is 16.1. The average Bonchev–Trinajstić information content (AvgIpc) is 2.92. The Balaban J connectivity index is 2.42. The number of alkyl halides is 3. The predicted octanol–water partition coefficient (Wildman–Crippen LogP) is 4.11. The van der Waals surface area contributed by atoms with Gasteiger partial charge in [0.1, 0.15) is 4.99 Å². The first-order valence-corrected chi connectivity index (χ1v) is 7.53. The maximum atomic E-state index is 13.2. The van der Waals surface area contributed by atoms with Crippen molar-refractivity contribution >= 4 is 22.9 Å². The van der Waals surface area contributed by atoms with Gasteiger partial charge in [-0.25, -0.2) is 0 Å². The Hall–Kier alpha value is -1.30. The van der Waals surface area contributed by atoms with E-state index in [0.29, 0.717) is 18.3 Å². The van der Waals surface area contributed by atoms with Crippen LogP contribution in [-0.2, 0) is 6.18 Å². The van der Waals surface area contributed by atoms with Crippen LogP contribution in [0.2, 0.25) is 0 Å². The maximum absolute atomic E-state index is 13.2. The second-order valence-corrected chi connectivity index (χ2v) is 5.76. The molecule has 0 spiro atoms. The van der Waals surface area contributed by atoms with Gasteiger partial charge >= 0.3 is 6.18 Å². The second kappa shape index (κ2) is 6.22. The molecule has 21 heavy (non-hydrogen) atoms. The molecule has 0 radical (unpaired) electrons. The van der Waals surface area contributed by atoms with Gasteiger partial charge in [0, 0.05) is 23.8 Å². The molecule has 0 unspecified atom stereocenters. The van der Waals surface area contributed by atoms with E-state index in [1.54, 1.807) is 6.07 Å². The third kappa shape index (κ3) is 3.48. The van der Waals surface area contributed by atoms with Crippen molar-refractivity contribution in [2.45, 2.75) is 44.8 Å². The Morgan fingerprint density at radius 2 is 1.95 bits per heavy atom. The van der Waals surface area contributed by atoms with Crippen molar-refractivity contribution in [3.63, 3.8) is 0 Å². The van der Waals surface area contributed by atoms with E-state index in [-0.39, 0.29) is 10.6 Å². The zero-order valence-electron chi connectivity index (χ0n) is 11.9. The number of benzene rings is 1. The molecular formula is C15H19F3N2S. The number of anilines is 1. The molecular weight excluding hydrogens is 297 g/mol. The summed E-state index contributed by atoms with van der Waals surface area (Å²) in [6.45, 7) is 2.65. The highest BCUT2D eigenvalue weighted by atomic mass is 32.1. The Labute approximate surface area is 128 Å². The molecule has 0 aliphatic heterocycles. The number of thiocarbonyl (C=S) groups is 1. The monoisotopic (exact) mass is 316 g/mol. The van der Waals surface area contributed by atoms with Crippen LogP contribution in [0.4, 0.5) is 18.9 Å². The van der Waals surface area contributed by atoms with Gasteiger partial charge < -0.3 is 10.6 Å². The van der Waals surface area contributed by atoms with Gasteiger partial charge in [-0.3, -0.25) is 0 Å². The molecule has 0 saturated heterocycles.